The summed E-state index contributed by atoms with van der Waals surface area (Å²) in [5, 5.41) is 3.09. The van der Waals surface area contributed by atoms with E-state index in [9.17, 15) is 0 Å². The third kappa shape index (κ3) is 4.95. The third-order valence-corrected chi connectivity index (χ3v) is 1.98. The highest BCUT2D eigenvalue weighted by Crippen LogP contribution is 2.08. The molecule has 0 aliphatic carbocycles. The quantitative estimate of drug-likeness (QED) is 0.699. The lowest BCUT2D eigenvalue weighted by atomic mass is 10.3. The fourth-order valence-corrected chi connectivity index (χ4v) is 1.20. The van der Waals surface area contributed by atoms with Crippen LogP contribution in [0.15, 0.2) is 10.6 Å². The molecule has 4 nitrogen and oxygen atoms in total. The number of hydrogen-bond donors (Lipinski definition) is 1. The summed E-state index contributed by atoms with van der Waals surface area (Å²) in [6.07, 6.45) is 3.89. The summed E-state index contributed by atoms with van der Waals surface area (Å²) in [6, 6.07) is 0. The van der Waals surface area contributed by atoms with Crippen LogP contribution in [0.3, 0.4) is 0 Å². The first-order valence-electron chi connectivity index (χ1n) is 5.42. The van der Waals surface area contributed by atoms with E-state index in [4.69, 9.17) is 9.15 Å². The highest BCUT2D eigenvalue weighted by atomic mass is 16.5. The number of oxazole rings is 1. The highest BCUT2D eigenvalue weighted by molar-refractivity contribution is 4.92. The van der Waals surface area contributed by atoms with E-state index in [1.807, 2.05) is 20.9 Å². The van der Waals surface area contributed by atoms with Gasteiger partial charge >= 0.3 is 0 Å². The van der Waals surface area contributed by atoms with Gasteiger partial charge in [0, 0.05) is 6.42 Å². The van der Waals surface area contributed by atoms with E-state index in [0.29, 0.717) is 6.61 Å². The molecule has 0 fully saturated rings. The standard InChI is InChI=1S/C11H20N2O2/c1-9(2)14-8-10-7-13-11(15-10)5-4-6-12-3/h7,9,12H,4-6,8H2,1-3H3. The Morgan fingerprint density at radius 2 is 2.33 bits per heavy atom. The van der Waals surface area contributed by atoms with E-state index in [1.165, 1.54) is 0 Å². The highest BCUT2D eigenvalue weighted by Gasteiger charge is 2.04. The van der Waals surface area contributed by atoms with Crippen LogP contribution in [-0.4, -0.2) is 24.7 Å². The summed E-state index contributed by atoms with van der Waals surface area (Å²) in [4.78, 5) is 4.19. The van der Waals surface area contributed by atoms with Gasteiger partial charge in [-0.05, 0) is 33.9 Å². The molecule has 0 amide bonds. The molecule has 1 N–H and O–H groups in total. The first-order chi connectivity index (χ1) is 7.22. The first-order valence-corrected chi connectivity index (χ1v) is 5.42. The second kappa shape index (κ2) is 6.58. The number of nitrogens with zero attached hydrogens (tertiary/aromatic N) is 1. The lowest BCUT2D eigenvalue weighted by molar-refractivity contribution is 0.0539. The van der Waals surface area contributed by atoms with Crippen molar-refractivity contribution in [2.75, 3.05) is 13.6 Å². The van der Waals surface area contributed by atoms with Gasteiger partial charge in [0.05, 0.1) is 12.3 Å². The summed E-state index contributed by atoms with van der Waals surface area (Å²) in [6.45, 7) is 5.51. The number of nitrogens with one attached hydrogen (secondary N) is 1. The van der Waals surface area contributed by atoms with Gasteiger partial charge in [-0.25, -0.2) is 4.98 Å². The van der Waals surface area contributed by atoms with Crippen LogP contribution in [-0.2, 0) is 17.8 Å². The number of hydrogen-bond acceptors (Lipinski definition) is 4. The molecule has 0 aliphatic rings. The van der Waals surface area contributed by atoms with Gasteiger partial charge in [0.25, 0.3) is 0 Å². The molecule has 0 aliphatic heterocycles. The minimum absolute atomic E-state index is 0.225. The van der Waals surface area contributed by atoms with Crippen LogP contribution in [0.2, 0.25) is 0 Å². The van der Waals surface area contributed by atoms with Crippen LogP contribution in [0.5, 0.6) is 0 Å². The molecule has 1 aromatic heterocycles. The maximum atomic E-state index is 5.52. The summed E-state index contributed by atoms with van der Waals surface area (Å²) >= 11 is 0. The van der Waals surface area contributed by atoms with Crippen molar-refractivity contribution in [3.05, 3.63) is 17.8 Å². The fraction of sp³-hybridized carbons (Fsp3) is 0.727. The molecule has 0 unspecified atom stereocenters. The van der Waals surface area contributed by atoms with Gasteiger partial charge in [-0.1, -0.05) is 0 Å². The van der Waals surface area contributed by atoms with Crippen LogP contribution in [0.25, 0.3) is 0 Å². The zero-order valence-corrected chi connectivity index (χ0v) is 9.75. The zero-order valence-electron chi connectivity index (χ0n) is 9.75. The fourth-order valence-electron chi connectivity index (χ4n) is 1.20. The Morgan fingerprint density at radius 3 is 3.00 bits per heavy atom. The molecule has 86 valence electrons. The van der Waals surface area contributed by atoms with E-state index in [0.717, 1.165) is 31.0 Å². The van der Waals surface area contributed by atoms with E-state index < -0.39 is 0 Å². The van der Waals surface area contributed by atoms with Crippen LogP contribution in [0, 0.1) is 0 Å². The number of aryl methyl sites for hydroxylation is 1. The minimum Gasteiger partial charge on any atom is -0.443 e. The van der Waals surface area contributed by atoms with Crippen LogP contribution in [0.1, 0.15) is 31.9 Å². The Bertz CT molecular complexity index is 271. The van der Waals surface area contributed by atoms with Gasteiger partial charge < -0.3 is 14.5 Å². The van der Waals surface area contributed by atoms with Crippen molar-refractivity contribution >= 4 is 0 Å². The summed E-state index contributed by atoms with van der Waals surface area (Å²) in [5.41, 5.74) is 0. The molecule has 0 bridgehead atoms. The number of rotatable bonds is 7. The van der Waals surface area contributed by atoms with Crippen molar-refractivity contribution in [2.45, 2.75) is 39.4 Å². The molecule has 0 atom stereocenters. The van der Waals surface area contributed by atoms with E-state index >= 15 is 0 Å². The topological polar surface area (TPSA) is 47.3 Å². The molecular formula is C11H20N2O2. The zero-order chi connectivity index (χ0) is 11.1. The lowest BCUT2D eigenvalue weighted by Gasteiger charge is -2.03. The van der Waals surface area contributed by atoms with Gasteiger partial charge in [0.2, 0.25) is 0 Å². The van der Waals surface area contributed by atoms with Gasteiger partial charge in [-0.15, -0.1) is 0 Å². The second-order valence-electron chi connectivity index (χ2n) is 3.79. The number of aromatic nitrogens is 1. The van der Waals surface area contributed by atoms with Crippen LogP contribution >= 0.6 is 0 Å². The van der Waals surface area contributed by atoms with Crippen molar-refractivity contribution in [3.63, 3.8) is 0 Å². The SMILES string of the molecule is CNCCCc1ncc(COC(C)C)o1. The predicted molar refractivity (Wildman–Crippen MR) is 58.7 cm³/mol. The maximum absolute atomic E-state index is 5.52. The Balaban J connectivity index is 2.29. The van der Waals surface area contributed by atoms with Gasteiger partial charge in [0.1, 0.15) is 12.4 Å². The van der Waals surface area contributed by atoms with Crippen molar-refractivity contribution in [1.29, 1.82) is 0 Å². The van der Waals surface area contributed by atoms with E-state index in [-0.39, 0.29) is 6.10 Å². The molecule has 0 saturated heterocycles. The smallest absolute Gasteiger partial charge is 0.194 e. The monoisotopic (exact) mass is 212 g/mol. The maximum Gasteiger partial charge on any atom is 0.194 e. The third-order valence-electron chi connectivity index (χ3n) is 1.98. The summed E-state index contributed by atoms with van der Waals surface area (Å²) < 4.78 is 10.9. The Kier molecular flexibility index (Phi) is 5.36. The first kappa shape index (κ1) is 12.2. The minimum atomic E-state index is 0.225. The van der Waals surface area contributed by atoms with E-state index in [2.05, 4.69) is 10.3 Å². The molecular weight excluding hydrogens is 192 g/mol. The Morgan fingerprint density at radius 1 is 1.53 bits per heavy atom. The average Bonchev–Trinajstić information content (AvgIpc) is 2.63. The predicted octanol–water partition coefficient (Wildman–Crippen LogP) is 1.75. The average molecular weight is 212 g/mol. The molecule has 0 spiro atoms. The van der Waals surface area contributed by atoms with Crippen molar-refractivity contribution in [1.82, 2.24) is 10.3 Å². The second-order valence-corrected chi connectivity index (χ2v) is 3.79. The van der Waals surface area contributed by atoms with Crippen LogP contribution in [0.4, 0.5) is 0 Å². The molecule has 0 saturated carbocycles. The summed E-state index contributed by atoms with van der Waals surface area (Å²) in [5.74, 6) is 1.61. The molecule has 1 heterocycles. The molecule has 0 radical (unpaired) electrons. The Labute approximate surface area is 91.0 Å². The lowest BCUT2D eigenvalue weighted by Crippen LogP contribution is -2.08. The van der Waals surface area contributed by atoms with Crippen molar-refractivity contribution < 1.29 is 9.15 Å². The Hall–Kier alpha value is -0.870. The molecule has 1 rings (SSSR count). The van der Waals surface area contributed by atoms with Gasteiger partial charge in [0.15, 0.2) is 5.89 Å². The molecule has 0 aromatic carbocycles. The summed E-state index contributed by atoms with van der Waals surface area (Å²) in [7, 11) is 1.94. The molecule has 15 heavy (non-hydrogen) atoms. The van der Waals surface area contributed by atoms with Crippen molar-refractivity contribution in [2.24, 2.45) is 0 Å². The van der Waals surface area contributed by atoms with Gasteiger partial charge in [-0.3, -0.25) is 0 Å². The molecule has 4 heteroatoms. The largest absolute Gasteiger partial charge is 0.443 e. The van der Waals surface area contributed by atoms with E-state index in [1.54, 1.807) is 6.20 Å². The van der Waals surface area contributed by atoms with Crippen molar-refractivity contribution in [3.8, 4) is 0 Å². The number of ether oxygens (including phenoxy) is 1. The molecule has 1 aromatic rings. The van der Waals surface area contributed by atoms with Crippen LogP contribution < -0.4 is 5.32 Å². The normalized spacial score (nSPS) is 11.2. The van der Waals surface area contributed by atoms with Gasteiger partial charge in [-0.2, -0.15) is 0 Å².